The fraction of sp³-hybridized carbons (Fsp3) is 0.312. The Kier molecular flexibility index (Phi) is 3.54. The molecular formula is C16H16ClNO. The molecule has 0 spiro atoms. The number of aryl methyl sites for hydroxylation is 1. The molecule has 3 heteroatoms. The molecule has 2 unspecified atom stereocenters. The highest BCUT2D eigenvalue weighted by atomic mass is 35.5. The summed E-state index contributed by atoms with van der Waals surface area (Å²) in [5.41, 5.74) is 3.63. The number of aliphatic hydroxyl groups is 1. The fourth-order valence-electron chi connectivity index (χ4n) is 2.93. The lowest BCUT2D eigenvalue weighted by Crippen LogP contribution is -2.19. The van der Waals surface area contributed by atoms with Gasteiger partial charge in [-0.25, -0.2) is 0 Å². The number of benzene rings is 1. The molecule has 19 heavy (non-hydrogen) atoms. The molecule has 2 atom stereocenters. The Morgan fingerprint density at radius 3 is 3.00 bits per heavy atom. The van der Waals surface area contributed by atoms with E-state index in [9.17, 15) is 5.11 Å². The maximum absolute atomic E-state index is 10.5. The number of hydrogen-bond acceptors (Lipinski definition) is 2. The first-order valence-electron chi connectivity index (χ1n) is 6.60. The van der Waals surface area contributed by atoms with Crippen molar-refractivity contribution in [2.45, 2.75) is 31.3 Å². The molecule has 1 N–H and O–H groups in total. The van der Waals surface area contributed by atoms with Gasteiger partial charge in [0, 0.05) is 24.7 Å². The molecule has 2 nitrogen and oxygen atoms in total. The van der Waals surface area contributed by atoms with Crippen molar-refractivity contribution in [3.8, 4) is 0 Å². The van der Waals surface area contributed by atoms with Crippen LogP contribution in [-0.4, -0.2) is 16.2 Å². The lowest BCUT2D eigenvalue weighted by Gasteiger charge is -2.19. The Hall–Kier alpha value is -1.38. The maximum Gasteiger partial charge on any atom is 0.0649 e. The summed E-state index contributed by atoms with van der Waals surface area (Å²) in [4.78, 5) is 3.97. The first kappa shape index (κ1) is 12.6. The van der Waals surface area contributed by atoms with Crippen molar-refractivity contribution in [1.82, 2.24) is 4.98 Å². The molecule has 1 heterocycles. The standard InChI is InChI=1S/C16H16ClNO/c17-15-10-18-8-7-12(15)9-16(19)14-6-5-11-3-1-2-4-13(11)14/h1-4,7-8,10,14,16,19H,5-6,9H2. The van der Waals surface area contributed by atoms with E-state index < -0.39 is 0 Å². The van der Waals surface area contributed by atoms with Gasteiger partial charge in [0.25, 0.3) is 0 Å². The predicted octanol–water partition coefficient (Wildman–Crippen LogP) is 3.37. The third-order valence-electron chi connectivity index (χ3n) is 3.93. The number of hydrogen-bond donors (Lipinski definition) is 1. The summed E-state index contributed by atoms with van der Waals surface area (Å²) in [5.74, 6) is 0.223. The summed E-state index contributed by atoms with van der Waals surface area (Å²) >= 11 is 6.10. The van der Waals surface area contributed by atoms with E-state index in [1.54, 1.807) is 12.4 Å². The van der Waals surface area contributed by atoms with Gasteiger partial charge in [-0.05, 0) is 35.6 Å². The van der Waals surface area contributed by atoms with Crippen LogP contribution < -0.4 is 0 Å². The second-order valence-electron chi connectivity index (χ2n) is 5.08. The van der Waals surface area contributed by atoms with Gasteiger partial charge in [0.2, 0.25) is 0 Å². The Balaban J connectivity index is 1.79. The van der Waals surface area contributed by atoms with Crippen LogP contribution in [0.4, 0.5) is 0 Å². The smallest absolute Gasteiger partial charge is 0.0649 e. The van der Waals surface area contributed by atoms with E-state index in [1.807, 2.05) is 12.1 Å². The van der Waals surface area contributed by atoms with Crippen LogP contribution in [0.1, 0.15) is 29.0 Å². The monoisotopic (exact) mass is 273 g/mol. The average Bonchev–Trinajstić information content (AvgIpc) is 2.85. The molecule has 98 valence electrons. The van der Waals surface area contributed by atoms with Crippen LogP contribution in [0.25, 0.3) is 0 Å². The van der Waals surface area contributed by atoms with E-state index in [1.165, 1.54) is 11.1 Å². The van der Waals surface area contributed by atoms with Crippen LogP contribution in [0.3, 0.4) is 0 Å². The molecule has 1 aromatic heterocycles. The fourth-order valence-corrected chi connectivity index (χ4v) is 3.12. The number of pyridine rings is 1. The lowest BCUT2D eigenvalue weighted by molar-refractivity contribution is 0.143. The van der Waals surface area contributed by atoms with Crippen LogP contribution in [0, 0.1) is 0 Å². The van der Waals surface area contributed by atoms with Gasteiger partial charge in [0.05, 0.1) is 11.1 Å². The third kappa shape index (κ3) is 2.51. The zero-order valence-electron chi connectivity index (χ0n) is 10.6. The van der Waals surface area contributed by atoms with Crippen molar-refractivity contribution in [2.75, 3.05) is 0 Å². The number of rotatable bonds is 3. The van der Waals surface area contributed by atoms with Gasteiger partial charge in [0.1, 0.15) is 0 Å². The van der Waals surface area contributed by atoms with Crippen molar-refractivity contribution in [3.05, 3.63) is 64.4 Å². The van der Waals surface area contributed by atoms with Gasteiger partial charge in [-0.2, -0.15) is 0 Å². The molecule has 0 aliphatic heterocycles. The van der Waals surface area contributed by atoms with Gasteiger partial charge in [0.15, 0.2) is 0 Å². The summed E-state index contributed by atoms with van der Waals surface area (Å²) in [6.45, 7) is 0. The first-order chi connectivity index (χ1) is 9.25. The van der Waals surface area contributed by atoms with E-state index >= 15 is 0 Å². The lowest BCUT2D eigenvalue weighted by atomic mass is 9.91. The van der Waals surface area contributed by atoms with Crippen LogP contribution in [-0.2, 0) is 12.8 Å². The highest BCUT2D eigenvalue weighted by Gasteiger charge is 2.28. The van der Waals surface area contributed by atoms with E-state index in [0.29, 0.717) is 11.4 Å². The van der Waals surface area contributed by atoms with Gasteiger partial charge >= 0.3 is 0 Å². The number of aromatic nitrogens is 1. The molecule has 3 rings (SSSR count). The van der Waals surface area contributed by atoms with E-state index in [0.717, 1.165) is 18.4 Å². The first-order valence-corrected chi connectivity index (χ1v) is 6.98. The zero-order chi connectivity index (χ0) is 13.2. The summed E-state index contributed by atoms with van der Waals surface area (Å²) in [6, 6.07) is 10.3. The van der Waals surface area contributed by atoms with Crippen LogP contribution in [0.15, 0.2) is 42.7 Å². The highest BCUT2D eigenvalue weighted by Crippen LogP contribution is 2.36. The highest BCUT2D eigenvalue weighted by molar-refractivity contribution is 6.31. The van der Waals surface area contributed by atoms with E-state index in [4.69, 9.17) is 11.6 Å². The number of halogens is 1. The molecule has 1 aliphatic carbocycles. The molecule has 0 fully saturated rings. The molecular weight excluding hydrogens is 258 g/mol. The van der Waals surface area contributed by atoms with Gasteiger partial charge in [-0.3, -0.25) is 4.98 Å². The van der Waals surface area contributed by atoms with Crippen LogP contribution >= 0.6 is 11.6 Å². The minimum absolute atomic E-state index is 0.223. The van der Waals surface area contributed by atoms with Crippen molar-refractivity contribution < 1.29 is 5.11 Å². The number of aliphatic hydroxyl groups excluding tert-OH is 1. The normalized spacial score (nSPS) is 19.2. The van der Waals surface area contributed by atoms with Crippen molar-refractivity contribution in [3.63, 3.8) is 0 Å². The van der Waals surface area contributed by atoms with Crippen LogP contribution in [0.5, 0.6) is 0 Å². The SMILES string of the molecule is OC(Cc1ccncc1Cl)C1CCc2ccccc21. The summed E-state index contributed by atoms with van der Waals surface area (Å²) in [7, 11) is 0. The number of nitrogens with zero attached hydrogens (tertiary/aromatic N) is 1. The quantitative estimate of drug-likeness (QED) is 0.930. The van der Waals surface area contributed by atoms with Gasteiger partial charge < -0.3 is 5.11 Å². The predicted molar refractivity (Wildman–Crippen MR) is 76.5 cm³/mol. The number of fused-ring (bicyclic) bond motifs is 1. The molecule has 1 aromatic carbocycles. The maximum atomic E-state index is 10.5. The van der Waals surface area contributed by atoms with Crippen molar-refractivity contribution in [2.24, 2.45) is 0 Å². The topological polar surface area (TPSA) is 33.1 Å². The third-order valence-corrected chi connectivity index (χ3v) is 4.27. The molecule has 1 aliphatic rings. The largest absolute Gasteiger partial charge is 0.392 e. The Morgan fingerprint density at radius 1 is 1.32 bits per heavy atom. The summed E-state index contributed by atoms with van der Waals surface area (Å²) < 4.78 is 0. The van der Waals surface area contributed by atoms with E-state index in [2.05, 4.69) is 23.2 Å². The molecule has 0 saturated heterocycles. The Labute approximate surface area is 118 Å². The van der Waals surface area contributed by atoms with Crippen molar-refractivity contribution in [1.29, 1.82) is 0 Å². The molecule has 0 saturated carbocycles. The zero-order valence-corrected chi connectivity index (χ0v) is 11.3. The van der Waals surface area contributed by atoms with Gasteiger partial charge in [-0.15, -0.1) is 0 Å². The molecule has 0 bridgehead atoms. The molecule has 0 amide bonds. The molecule has 0 radical (unpaired) electrons. The average molecular weight is 274 g/mol. The van der Waals surface area contributed by atoms with Crippen LogP contribution in [0.2, 0.25) is 5.02 Å². The van der Waals surface area contributed by atoms with Crippen molar-refractivity contribution >= 4 is 11.6 Å². The molecule has 2 aromatic rings. The second-order valence-corrected chi connectivity index (χ2v) is 5.49. The Bertz CT molecular complexity index is 584. The van der Waals surface area contributed by atoms with E-state index in [-0.39, 0.29) is 12.0 Å². The minimum Gasteiger partial charge on any atom is -0.392 e. The second kappa shape index (κ2) is 5.32. The summed E-state index contributed by atoms with van der Waals surface area (Å²) in [6.07, 6.45) is 5.62. The summed E-state index contributed by atoms with van der Waals surface area (Å²) in [5, 5.41) is 11.1. The minimum atomic E-state index is -0.386. The van der Waals surface area contributed by atoms with Gasteiger partial charge in [-0.1, -0.05) is 35.9 Å². The Morgan fingerprint density at radius 2 is 2.16 bits per heavy atom.